The lowest BCUT2D eigenvalue weighted by molar-refractivity contribution is -0.132. The Balaban J connectivity index is 1.37. The molecule has 2 aromatic rings. The Morgan fingerprint density at radius 1 is 1.19 bits per heavy atom. The molecule has 0 saturated carbocycles. The van der Waals surface area contributed by atoms with Crippen LogP contribution in [-0.4, -0.2) is 37.1 Å². The molecule has 0 spiro atoms. The zero-order valence-corrected chi connectivity index (χ0v) is 17.4. The zero-order chi connectivity index (χ0) is 22.0. The van der Waals surface area contributed by atoms with Crippen LogP contribution >= 0.6 is 0 Å². The topological polar surface area (TPSA) is 110 Å². The molecule has 2 N–H and O–H groups in total. The van der Waals surface area contributed by atoms with Gasteiger partial charge >= 0.3 is 0 Å². The van der Waals surface area contributed by atoms with Crippen molar-refractivity contribution >= 4 is 23.4 Å². The maximum Gasteiger partial charge on any atom is 0.243 e. The highest BCUT2D eigenvalue weighted by molar-refractivity contribution is 6.01. The van der Waals surface area contributed by atoms with Crippen molar-refractivity contribution in [2.24, 2.45) is 11.8 Å². The minimum absolute atomic E-state index is 0.0824. The normalized spacial score (nSPS) is 18.4. The number of carbonyl (C=O) groups excluding carboxylic acids is 3. The van der Waals surface area contributed by atoms with Crippen LogP contribution in [0.2, 0.25) is 0 Å². The van der Waals surface area contributed by atoms with E-state index >= 15 is 0 Å². The molecule has 1 aromatic carbocycles. The van der Waals surface area contributed by atoms with Gasteiger partial charge in [0.2, 0.25) is 24.5 Å². The van der Waals surface area contributed by atoms with E-state index in [0.29, 0.717) is 22.9 Å². The van der Waals surface area contributed by atoms with Crippen LogP contribution in [0.15, 0.2) is 41.0 Å². The number of fused-ring (bicyclic) bond motifs is 1. The maximum atomic E-state index is 12.9. The number of nitrogens with one attached hydrogen (secondary N) is 2. The van der Waals surface area contributed by atoms with Crippen LogP contribution in [0, 0.1) is 11.8 Å². The van der Waals surface area contributed by atoms with Gasteiger partial charge in [-0.05, 0) is 30.2 Å². The number of rotatable bonds is 7. The van der Waals surface area contributed by atoms with Gasteiger partial charge in [0.15, 0.2) is 11.5 Å². The van der Waals surface area contributed by atoms with Crippen molar-refractivity contribution in [3.63, 3.8) is 0 Å². The van der Waals surface area contributed by atoms with Crippen LogP contribution in [0.3, 0.4) is 0 Å². The molecule has 2 aliphatic rings. The summed E-state index contributed by atoms with van der Waals surface area (Å²) in [7, 11) is 0. The quantitative estimate of drug-likeness (QED) is 0.698. The first-order valence-electron chi connectivity index (χ1n) is 10.2. The van der Waals surface area contributed by atoms with Crippen molar-refractivity contribution in [3.05, 3.63) is 42.4 Å². The number of hydrogen-bond donors (Lipinski definition) is 2. The van der Waals surface area contributed by atoms with Gasteiger partial charge in [0.25, 0.3) is 0 Å². The fourth-order valence-electron chi connectivity index (χ4n) is 3.69. The van der Waals surface area contributed by atoms with Gasteiger partial charge in [-0.2, -0.15) is 0 Å². The first-order chi connectivity index (χ1) is 14.9. The molecule has 0 bridgehead atoms. The van der Waals surface area contributed by atoms with Gasteiger partial charge in [-0.3, -0.25) is 14.4 Å². The number of furan rings is 1. The van der Waals surface area contributed by atoms with E-state index in [9.17, 15) is 14.4 Å². The Kier molecular flexibility index (Phi) is 5.83. The van der Waals surface area contributed by atoms with Gasteiger partial charge in [0.1, 0.15) is 11.8 Å². The Morgan fingerprint density at radius 2 is 2.00 bits per heavy atom. The number of amides is 3. The van der Waals surface area contributed by atoms with Crippen LogP contribution in [0.25, 0.3) is 0 Å². The van der Waals surface area contributed by atoms with Crippen LogP contribution in [0.4, 0.5) is 5.69 Å². The van der Waals surface area contributed by atoms with E-state index in [1.165, 1.54) is 6.26 Å². The second kappa shape index (κ2) is 8.71. The van der Waals surface area contributed by atoms with E-state index in [4.69, 9.17) is 13.9 Å². The highest BCUT2D eigenvalue weighted by Gasteiger charge is 2.37. The smallest absolute Gasteiger partial charge is 0.243 e. The van der Waals surface area contributed by atoms with Crippen LogP contribution in [0.5, 0.6) is 11.5 Å². The standard InChI is InChI=1S/C22H25N3O6/c1-13(2)20(22(28)23-10-16-4-3-7-29-16)24-21(27)14-8-19(26)25(11-14)15-5-6-17-18(9-15)31-12-30-17/h3-7,9,13-14,20H,8,10-12H2,1-2H3,(H,23,28)(H,24,27)/t14?,20-/m0/s1. The molecule has 0 aliphatic carbocycles. The third-order valence-corrected chi connectivity index (χ3v) is 5.43. The average molecular weight is 427 g/mol. The number of hydrogen-bond acceptors (Lipinski definition) is 6. The Bertz CT molecular complexity index is 972. The molecular formula is C22H25N3O6. The fourth-order valence-corrected chi connectivity index (χ4v) is 3.69. The first-order valence-corrected chi connectivity index (χ1v) is 10.2. The van der Waals surface area contributed by atoms with Crippen LogP contribution in [0.1, 0.15) is 26.0 Å². The minimum atomic E-state index is -0.711. The maximum absolute atomic E-state index is 12.9. The molecule has 0 radical (unpaired) electrons. The second-order valence-corrected chi connectivity index (χ2v) is 7.97. The van der Waals surface area contributed by atoms with Gasteiger partial charge in [-0.15, -0.1) is 0 Å². The minimum Gasteiger partial charge on any atom is -0.467 e. The summed E-state index contributed by atoms with van der Waals surface area (Å²) in [5.74, 6) is 0.404. The molecule has 1 fully saturated rings. The van der Waals surface area contributed by atoms with E-state index in [1.54, 1.807) is 35.2 Å². The summed E-state index contributed by atoms with van der Waals surface area (Å²) < 4.78 is 15.9. The molecule has 9 heteroatoms. The molecule has 2 aliphatic heterocycles. The molecule has 164 valence electrons. The summed E-state index contributed by atoms with van der Waals surface area (Å²) >= 11 is 0. The van der Waals surface area contributed by atoms with Crippen molar-refractivity contribution in [1.29, 1.82) is 0 Å². The van der Waals surface area contributed by atoms with Crippen LogP contribution in [-0.2, 0) is 20.9 Å². The predicted molar refractivity (Wildman–Crippen MR) is 110 cm³/mol. The third kappa shape index (κ3) is 4.50. The van der Waals surface area contributed by atoms with E-state index in [-0.39, 0.29) is 49.9 Å². The lowest BCUT2D eigenvalue weighted by atomic mass is 10.0. The van der Waals surface area contributed by atoms with Gasteiger partial charge in [0, 0.05) is 24.7 Å². The summed E-state index contributed by atoms with van der Waals surface area (Å²) in [6.45, 7) is 4.34. The molecule has 2 atom stereocenters. The van der Waals surface area contributed by atoms with Gasteiger partial charge in [0.05, 0.1) is 18.7 Å². The number of ether oxygens (including phenoxy) is 2. The van der Waals surface area contributed by atoms with E-state index < -0.39 is 12.0 Å². The summed E-state index contributed by atoms with van der Waals surface area (Å²) in [4.78, 5) is 39.6. The van der Waals surface area contributed by atoms with Gasteiger partial charge < -0.3 is 29.4 Å². The number of anilines is 1. The monoisotopic (exact) mass is 427 g/mol. The average Bonchev–Trinajstić information content (AvgIpc) is 3.49. The highest BCUT2D eigenvalue weighted by atomic mass is 16.7. The first kappa shape index (κ1) is 20.8. The molecular weight excluding hydrogens is 402 g/mol. The summed E-state index contributed by atoms with van der Waals surface area (Å²) in [5, 5.41) is 5.60. The van der Waals surface area contributed by atoms with Crippen LogP contribution < -0.4 is 25.0 Å². The lowest BCUT2D eigenvalue weighted by Gasteiger charge is -2.23. The molecule has 1 unspecified atom stereocenters. The third-order valence-electron chi connectivity index (χ3n) is 5.43. The number of carbonyl (C=O) groups is 3. The summed E-state index contributed by atoms with van der Waals surface area (Å²) in [6.07, 6.45) is 1.62. The molecule has 9 nitrogen and oxygen atoms in total. The molecule has 3 amide bonds. The van der Waals surface area contributed by atoms with Crippen molar-refractivity contribution in [2.75, 3.05) is 18.2 Å². The van der Waals surface area contributed by atoms with E-state index in [0.717, 1.165) is 0 Å². The largest absolute Gasteiger partial charge is 0.467 e. The zero-order valence-electron chi connectivity index (χ0n) is 17.4. The number of nitrogens with zero attached hydrogens (tertiary/aromatic N) is 1. The predicted octanol–water partition coefficient (Wildman–Crippen LogP) is 1.82. The molecule has 1 saturated heterocycles. The van der Waals surface area contributed by atoms with E-state index in [1.807, 2.05) is 13.8 Å². The van der Waals surface area contributed by atoms with Crippen molar-refractivity contribution in [3.8, 4) is 11.5 Å². The summed E-state index contributed by atoms with van der Waals surface area (Å²) in [5.41, 5.74) is 0.654. The lowest BCUT2D eigenvalue weighted by Crippen LogP contribution is -2.51. The Labute approximate surface area is 179 Å². The van der Waals surface area contributed by atoms with Crippen molar-refractivity contribution < 1.29 is 28.3 Å². The SMILES string of the molecule is CC(C)[C@H](NC(=O)C1CC(=O)N(c2ccc3c(c2)OCO3)C1)C(=O)NCc1ccco1. The highest BCUT2D eigenvalue weighted by Crippen LogP contribution is 2.37. The van der Waals surface area contributed by atoms with Crippen molar-refractivity contribution in [1.82, 2.24) is 10.6 Å². The van der Waals surface area contributed by atoms with E-state index in [2.05, 4.69) is 10.6 Å². The Hall–Kier alpha value is -3.49. The number of benzene rings is 1. The molecule has 3 heterocycles. The second-order valence-electron chi connectivity index (χ2n) is 7.97. The fraction of sp³-hybridized carbons (Fsp3) is 0.409. The molecule has 1 aromatic heterocycles. The van der Waals surface area contributed by atoms with Crippen molar-refractivity contribution in [2.45, 2.75) is 32.9 Å². The summed E-state index contributed by atoms with van der Waals surface area (Å²) in [6, 6.07) is 8.04. The van der Waals surface area contributed by atoms with Gasteiger partial charge in [-0.25, -0.2) is 0 Å². The van der Waals surface area contributed by atoms with Gasteiger partial charge in [-0.1, -0.05) is 13.8 Å². The molecule has 4 rings (SSSR count). The Morgan fingerprint density at radius 3 is 2.74 bits per heavy atom. The molecule has 31 heavy (non-hydrogen) atoms.